The summed E-state index contributed by atoms with van der Waals surface area (Å²) >= 11 is 0. The molecule has 0 spiro atoms. The molecule has 0 saturated heterocycles. The lowest BCUT2D eigenvalue weighted by atomic mass is 10.2. The van der Waals surface area contributed by atoms with Gasteiger partial charge in [0.2, 0.25) is 5.91 Å². The number of nitrogens with one attached hydrogen (secondary N) is 1. The Morgan fingerprint density at radius 1 is 1.29 bits per heavy atom. The molecule has 0 bridgehead atoms. The average Bonchev–Trinajstić information content (AvgIpc) is 2.01. The number of benzene rings is 1. The van der Waals surface area contributed by atoms with Crippen LogP contribution >= 0.6 is 0 Å². The Hall–Kier alpha value is -1.45. The average molecular weight is 199 g/mol. The maximum Gasteiger partial charge on any atom is 0.224 e. The Kier molecular flexibility index (Phi) is 3.56. The molecule has 0 unspecified atom stereocenters. The summed E-state index contributed by atoms with van der Waals surface area (Å²) in [6, 6.07) is 2.92. The smallest absolute Gasteiger partial charge is 0.224 e. The van der Waals surface area contributed by atoms with Crippen molar-refractivity contribution in [1.82, 2.24) is 0 Å². The lowest BCUT2D eigenvalue weighted by Gasteiger charge is -2.04. The predicted octanol–water partition coefficient (Wildman–Crippen LogP) is 2.70. The van der Waals surface area contributed by atoms with Crippen molar-refractivity contribution in [2.75, 3.05) is 5.32 Å². The van der Waals surface area contributed by atoms with E-state index in [0.717, 1.165) is 18.2 Å². The number of carbonyl (C=O) groups excluding carboxylic acids is 1. The zero-order valence-corrected chi connectivity index (χ0v) is 7.81. The van der Waals surface area contributed by atoms with Crippen LogP contribution in [-0.2, 0) is 4.79 Å². The second kappa shape index (κ2) is 4.69. The number of anilines is 1. The predicted molar refractivity (Wildman–Crippen MR) is 49.9 cm³/mol. The van der Waals surface area contributed by atoms with Crippen LogP contribution in [0.25, 0.3) is 0 Å². The van der Waals surface area contributed by atoms with Crippen LogP contribution in [0.4, 0.5) is 14.5 Å². The first kappa shape index (κ1) is 10.6. The molecule has 2 nitrogen and oxygen atoms in total. The zero-order valence-electron chi connectivity index (χ0n) is 7.81. The first-order valence-corrected chi connectivity index (χ1v) is 4.37. The fraction of sp³-hybridized carbons (Fsp3) is 0.300. The summed E-state index contributed by atoms with van der Waals surface area (Å²) in [7, 11) is 0. The second-order valence-electron chi connectivity index (χ2n) is 2.96. The Morgan fingerprint density at radius 3 is 2.36 bits per heavy atom. The van der Waals surface area contributed by atoms with Crippen LogP contribution in [0.1, 0.15) is 19.8 Å². The molecule has 0 aliphatic carbocycles. The number of hydrogen-bond acceptors (Lipinski definition) is 1. The van der Waals surface area contributed by atoms with Crippen molar-refractivity contribution in [2.24, 2.45) is 0 Å². The van der Waals surface area contributed by atoms with Gasteiger partial charge in [-0.3, -0.25) is 4.79 Å². The van der Waals surface area contributed by atoms with E-state index in [4.69, 9.17) is 0 Å². The minimum absolute atomic E-state index is 0.154. The van der Waals surface area contributed by atoms with Crippen molar-refractivity contribution < 1.29 is 13.6 Å². The maximum absolute atomic E-state index is 12.7. The standard InChI is InChI=1S/C10H11F2NO/c1-2-3-10(14)13-9-5-7(11)4-8(12)6-9/h4-6H,2-3H2,1H3,(H,13,14). The van der Waals surface area contributed by atoms with Crippen LogP contribution in [-0.4, -0.2) is 5.91 Å². The molecule has 0 radical (unpaired) electrons. The third-order valence-corrected chi connectivity index (χ3v) is 1.62. The van der Waals surface area contributed by atoms with Crippen molar-refractivity contribution in [2.45, 2.75) is 19.8 Å². The Bertz CT molecular complexity index is 319. The van der Waals surface area contributed by atoms with Gasteiger partial charge in [0, 0.05) is 18.2 Å². The molecule has 1 amide bonds. The van der Waals surface area contributed by atoms with Crippen molar-refractivity contribution in [3.05, 3.63) is 29.8 Å². The van der Waals surface area contributed by atoms with Crippen molar-refractivity contribution in [3.8, 4) is 0 Å². The van der Waals surface area contributed by atoms with Gasteiger partial charge in [0.25, 0.3) is 0 Å². The third kappa shape index (κ3) is 3.12. The van der Waals surface area contributed by atoms with Crippen LogP contribution in [0.15, 0.2) is 18.2 Å². The molecule has 4 heteroatoms. The monoisotopic (exact) mass is 199 g/mol. The number of carbonyl (C=O) groups is 1. The Labute approximate surface area is 80.9 Å². The van der Waals surface area contributed by atoms with E-state index in [1.165, 1.54) is 0 Å². The molecule has 0 fully saturated rings. The number of hydrogen-bond donors (Lipinski definition) is 1. The first-order valence-electron chi connectivity index (χ1n) is 4.37. The van der Waals surface area contributed by atoms with Gasteiger partial charge in [0.15, 0.2) is 0 Å². The van der Waals surface area contributed by atoms with E-state index < -0.39 is 11.6 Å². The summed E-state index contributed by atoms with van der Waals surface area (Å²) in [6.07, 6.45) is 1.04. The lowest BCUT2D eigenvalue weighted by molar-refractivity contribution is -0.116. The minimum Gasteiger partial charge on any atom is -0.326 e. The van der Waals surface area contributed by atoms with E-state index in [9.17, 15) is 13.6 Å². The molecule has 1 N–H and O–H groups in total. The summed E-state index contributed by atoms with van der Waals surface area (Å²) in [4.78, 5) is 11.1. The van der Waals surface area contributed by atoms with E-state index >= 15 is 0 Å². The minimum atomic E-state index is -0.697. The number of amides is 1. The largest absolute Gasteiger partial charge is 0.326 e. The lowest BCUT2D eigenvalue weighted by Crippen LogP contribution is -2.10. The topological polar surface area (TPSA) is 29.1 Å². The highest BCUT2D eigenvalue weighted by molar-refractivity contribution is 5.90. The van der Waals surface area contributed by atoms with Crippen molar-refractivity contribution >= 4 is 11.6 Å². The zero-order chi connectivity index (χ0) is 10.6. The molecule has 0 aliphatic heterocycles. The molecular formula is C10H11F2NO. The van der Waals surface area contributed by atoms with Crippen LogP contribution in [0.5, 0.6) is 0 Å². The molecule has 0 aliphatic rings. The summed E-state index contributed by atoms with van der Waals surface area (Å²) in [5, 5.41) is 2.41. The summed E-state index contributed by atoms with van der Waals surface area (Å²) < 4.78 is 25.3. The highest BCUT2D eigenvalue weighted by Gasteiger charge is 2.03. The van der Waals surface area contributed by atoms with Gasteiger partial charge in [0.05, 0.1) is 0 Å². The normalized spacial score (nSPS) is 9.93. The maximum atomic E-state index is 12.7. The van der Waals surface area contributed by atoms with Gasteiger partial charge in [-0.1, -0.05) is 6.92 Å². The van der Waals surface area contributed by atoms with Gasteiger partial charge in [-0.05, 0) is 18.6 Å². The van der Waals surface area contributed by atoms with E-state index in [1.807, 2.05) is 6.92 Å². The molecule has 0 heterocycles. The van der Waals surface area contributed by atoms with Gasteiger partial charge in [-0.15, -0.1) is 0 Å². The summed E-state index contributed by atoms with van der Waals surface area (Å²) in [6.45, 7) is 1.85. The summed E-state index contributed by atoms with van der Waals surface area (Å²) in [5.41, 5.74) is 0.154. The van der Waals surface area contributed by atoms with Crippen LogP contribution in [0, 0.1) is 11.6 Å². The fourth-order valence-corrected chi connectivity index (χ4v) is 1.08. The van der Waals surface area contributed by atoms with Gasteiger partial charge in [-0.2, -0.15) is 0 Å². The van der Waals surface area contributed by atoms with E-state index in [2.05, 4.69) is 5.32 Å². The molecule has 0 atom stereocenters. The molecule has 14 heavy (non-hydrogen) atoms. The number of rotatable bonds is 3. The highest BCUT2D eigenvalue weighted by atomic mass is 19.1. The van der Waals surface area contributed by atoms with Crippen molar-refractivity contribution in [1.29, 1.82) is 0 Å². The van der Waals surface area contributed by atoms with Gasteiger partial charge in [0.1, 0.15) is 11.6 Å². The SMILES string of the molecule is CCCC(=O)Nc1cc(F)cc(F)c1. The second-order valence-corrected chi connectivity index (χ2v) is 2.96. The Balaban J connectivity index is 2.71. The summed E-state index contributed by atoms with van der Waals surface area (Å²) in [5.74, 6) is -1.63. The van der Waals surface area contributed by atoms with Crippen molar-refractivity contribution in [3.63, 3.8) is 0 Å². The third-order valence-electron chi connectivity index (χ3n) is 1.62. The molecule has 1 rings (SSSR count). The number of halogens is 2. The van der Waals surface area contributed by atoms with E-state index in [1.54, 1.807) is 0 Å². The molecule has 76 valence electrons. The van der Waals surface area contributed by atoms with Crippen LogP contribution < -0.4 is 5.32 Å². The van der Waals surface area contributed by atoms with Crippen LogP contribution in [0.3, 0.4) is 0 Å². The van der Waals surface area contributed by atoms with E-state index in [-0.39, 0.29) is 11.6 Å². The molecule has 1 aromatic rings. The highest BCUT2D eigenvalue weighted by Crippen LogP contribution is 2.13. The molecule has 0 saturated carbocycles. The quantitative estimate of drug-likeness (QED) is 0.796. The van der Waals surface area contributed by atoms with Crippen LogP contribution in [0.2, 0.25) is 0 Å². The fourth-order valence-electron chi connectivity index (χ4n) is 1.08. The molecule has 0 aromatic heterocycles. The molecule has 1 aromatic carbocycles. The molecular weight excluding hydrogens is 188 g/mol. The first-order chi connectivity index (χ1) is 6.61. The van der Waals surface area contributed by atoms with Gasteiger partial charge >= 0.3 is 0 Å². The van der Waals surface area contributed by atoms with Gasteiger partial charge < -0.3 is 5.32 Å². The Morgan fingerprint density at radius 2 is 1.86 bits per heavy atom. The van der Waals surface area contributed by atoms with Gasteiger partial charge in [-0.25, -0.2) is 8.78 Å². The van der Waals surface area contributed by atoms with E-state index in [0.29, 0.717) is 12.8 Å².